The van der Waals surface area contributed by atoms with Crippen LogP contribution in [0.5, 0.6) is 0 Å². The summed E-state index contributed by atoms with van der Waals surface area (Å²) in [6.07, 6.45) is 4.55. The highest BCUT2D eigenvalue weighted by atomic mass is 16.1. The van der Waals surface area contributed by atoms with Gasteiger partial charge in [-0.05, 0) is 45.2 Å². The average Bonchev–Trinajstić information content (AvgIpc) is 2.45. The van der Waals surface area contributed by atoms with E-state index in [2.05, 4.69) is 45.1 Å². The molecule has 1 aliphatic carbocycles. The first kappa shape index (κ1) is 14.5. The van der Waals surface area contributed by atoms with E-state index in [1.165, 1.54) is 12.8 Å². The Morgan fingerprint density at radius 3 is 2.41 bits per heavy atom. The van der Waals surface area contributed by atoms with Gasteiger partial charge in [-0.25, -0.2) is 0 Å². The average molecular weight is 240 g/mol. The minimum Gasteiger partial charge on any atom is -0.354 e. The van der Waals surface area contributed by atoms with Gasteiger partial charge in [0.15, 0.2) is 0 Å². The largest absolute Gasteiger partial charge is 0.354 e. The van der Waals surface area contributed by atoms with Crippen LogP contribution in [0.2, 0.25) is 0 Å². The van der Waals surface area contributed by atoms with E-state index in [0.717, 1.165) is 12.8 Å². The third-order valence-electron chi connectivity index (χ3n) is 3.80. The maximum atomic E-state index is 11.1. The second-order valence-electron chi connectivity index (χ2n) is 7.00. The number of rotatable bonds is 3. The lowest BCUT2D eigenvalue weighted by Gasteiger charge is -2.41. The van der Waals surface area contributed by atoms with Crippen molar-refractivity contribution in [3.8, 4) is 0 Å². The summed E-state index contributed by atoms with van der Waals surface area (Å²) in [5.74, 6) is 0.0975. The molecule has 17 heavy (non-hydrogen) atoms. The summed E-state index contributed by atoms with van der Waals surface area (Å²) in [7, 11) is 4.34. The molecule has 3 nitrogen and oxygen atoms in total. The zero-order valence-electron chi connectivity index (χ0n) is 12.3. The van der Waals surface area contributed by atoms with Gasteiger partial charge >= 0.3 is 0 Å². The number of nitrogens with zero attached hydrogens (tertiary/aromatic N) is 1. The Hall–Kier alpha value is -0.570. The second kappa shape index (κ2) is 4.97. The van der Waals surface area contributed by atoms with Crippen molar-refractivity contribution in [1.82, 2.24) is 10.2 Å². The van der Waals surface area contributed by atoms with Crippen LogP contribution in [-0.4, -0.2) is 36.5 Å². The van der Waals surface area contributed by atoms with E-state index >= 15 is 0 Å². The van der Waals surface area contributed by atoms with E-state index < -0.39 is 0 Å². The van der Waals surface area contributed by atoms with Gasteiger partial charge in [0.25, 0.3) is 0 Å². The molecule has 1 fully saturated rings. The summed E-state index contributed by atoms with van der Waals surface area (Å²) in [6.45, 7) is 8.50. The van der Waals surface area contributed by atoms with Crippen LogP contribution in [0.15, 0.2) is 0 Å². The van der Waals surface area contributed by atoms with Crippen LogP contribution in [-0.2, 0) is 4.79 Å². The van der Waals surface area contributed by atoms with Gasteiger partial charge in [0, 0.05) is 18.5 Å². The molecule has 0 aromatic carbocycles. The summed E-state index contributed by atoms with van der Waals surface area (Å²) in [5.41, 5.74) is 0.584. The van der Waals surface area contributed by atoms with Crippen molar-refractivity contribution in [3.05, 3.63) is 0 Å². The third kappa shape index (κ3) is 3.98. The minimum atomic E-state index is 0.0975. The van der Waals surface area contributed by atoms with E-state index in [0.29, 0.717) is 11.5 Å². The molecule has 100 valence electrons. The van der Waals surface area contributed by atoms with Gasteiger partial charge in [-0.1, -0.05) is 20.8 Å². The fourth-order valence-corrected chi connectivity index (χ4v) is 3.23. The molecule has 1 amide bonds. The number of amides is 1. The van der Waals surface area contributed by atoms with Crippen LogP contribution in [0.25, 0.3) is 0 Å². The molecule has 2 atom stereocenters. The highest BCUT2D eigenvalue weighted by molar-refractivity contribution is 5.73. The zero-order chi connectivity index (χ0) is 13.3. The monoisotopic (exact) mass is 240 g/mol. The lowest BCUT2D eigenvalue weighted by molar-refractivity contribution is -0.119. The predicted octanol–water partition coefficient (Wildman–Crippen LogP) is 2.41. The number of carbonyl (C=O) groups excluding carboxylic acids is 1. The molecule has 1 saturated carbocycles. The molecule has 0 aliphatic heterocycles. The highest BCUT2D eigenvalue weighted by Gasteiger charge is 2.43. The van der Waals surface area contributed by atoms with Crippen LogP contribution >= 0.6 is 0 Å². The van der Waals surface area contributed by atoms with Crippen molar-refractivity contribution in [3.63, 3.8) is 0 Å². The van der Waals surface area contributed by atoms with E-state index in [4.69, 9.17) is 0 Å². The van der Waals surface area contributed by atoms with E-state index in [1.54, 1.807) is 6.92 Å². The van der Waals surface area contributed by atoms with E-state index in [1.807, 2.05) is 0 Å². The number of carbonyl (C=O) groups is 1. The number of hydrogen-bond donors (Lipinski definition) is 1. The van der Waals surface area contributed by atoms with Crippen LogP contribution in [0.4, 0.5) is 0 Å². The SMILES string of the molecule is CC(=O)NC1CCC(CC(C)(C)C)(N(C)C)C1. The Labute approximate surface area is 106 Å². The molecule has 0 spiro atoms. The fraction of sp³-hybridized carbons (Fsp3) is 0.929. The lowest BCUT2D eigenvalue weighted by Crippen LogP contribution is -2.46. The molecule has 3 heteroatoms. The van der Waals surface area contributed by atoms with Crippen molar-refractivity contribution in [2.75, 3.05) is 14.1 Å². The van der Waals surface area contributed by atoms with Crippen molar-refractivity contribution in [1.29, 1.82) is 0 Å². The van der Waals surface area contributed by atoms with Gasteiger partial charge in [-0.15, -0.1) is 0 Å². The first-order valence-corrected chi connectivity index (χ1v) is 6.59. The van der Waals surface area contributed by atoms with Crippen LogP contribution in [0.3, 0.4) is 0 Å². The van der Waals surface area contributed by atoms with Crippen LogP contribution < -0.4 is 5.32 Å². The zero-order valence-corrected chi connectivity index (χ0v) is 12.3. The summed E-state index contributed by atoms with van der Waals surface area (Å²) in [6, 6.07) is 0.359. The van der Waals surface area contributed by atoms with Crippen molar-refractivity contribution >= 4 is 5.91 Å². The standard InChI is InChI=1S/C14H28N2O/c1-11(17)15-12-7-8-14(9-12,16(5)6)10-13(2,3)4/h12H,7-10H2,1-6H3,(H,15,17). The molecular formula is C14H28N2O. The second-order valence-corrected chi connectivity index (χ2v) is 7.00. The Morgan fingerprint density at radius 1 is 1.41 bits per heavy atom. The first-order valence-electron chi connectivity index (χ1n) is 6.59. The lowest BCUT2D eigenvalue weighted by atomic mass is 9.78. The van der Waals surface area contributed by atoms with Gasteiger partial charge in [-0.2, -0.15) is 0 Å². The van der Waals surface area contributed by atoms with Crippen LogP contribution in [0, 0.1) is 5.41 Å². The van der Waals surface area contributed by atoms with Crippen molar-refractivity contribution in [2.45, 2.75) is 65.0 Å². The summed E-state index contributed by atoms with van der Waals surface area (Å²) in [4.78, 5) is 13.5. The molecule has 1 aliphatic rings. The maximum Gasteiger partial charge on any atom is 0.217 e. The molecule has 0 aromatic rings. The number of hydrogen-bond acceptors (Lipinski definition) is 2. The molecule has 1 N–H and O–H groups in total. The molecule has 0 bridgehead atoms. The smallest absolute Gasteiger partial charge is 0.217 e. The van der Waals surface area contributed by atoms with Gasteiger partial charge in [-0.3, -0.25) is 4.79 Å². The van der Waals surface area contributed by atoms with E-state index in [-0.39, 0.29) is 11.4 Å². The Bertz CT molecular complexity index is 280. The fourth-order valence-electron chi connectivity index (χ4n) is 3.23. The molecule has 0 aromatic heterocycles. The van der Waals surface area contributed by atoms with Gasteiger partial charge in [0.2, 0.25) is 5.91 Å². The molecule has 2 unspecified atom stereocenters. The first-order chi connectivity index (χ1) is 7.65. The Morgan fingerprint density at radius 2 is 2.00 bits per heavy atom. The molecule has 0 radical (unpaired) electrons. The van der Waals surface area contributed by atoms with Gasteiger partial charge < -0.3 is 10.2 Å². The van der Waals surface area contributed by atoms with E-state index in [9.17, 15) is 4.79 Å². The van der Waals surface area contributed by atoms with Crippen molar-refractivity contribution < 1.29 is 4.79 Å². The predicted molar refractivity (Wildman–Crippen MR) is 71.9 cm³/mol. The third-order valence-corrected chi connectivity index (χ3v) is 3.80. The molecular weight excluding hydrogens is 212 g/mol. The Balaban J connectivity index is 2.73. The summed E-state index contributed by atoms with van der Waals surface area (Å²) < 4.78 is 0. The highest BCUT2D eigenvalue weighted by Crippen LogP contribution is 2.42. The summed E-state index contributed by atoms with van der Waals surface area (Å²) >= 11 is 0. The molecule has 0 heterocycles. The van der Waals surface area contributed by atoms with Gasteiger partial charge in [0.05, 0.1) is 0 Å². The maximum absolute atomic E-state index is 11.1. The van der Waals surface area contributed by atoms with Crippen LogP contribution in [0.1, 0.15) is 53.4 Å². The normalized spacial score (nSPS) is 29.7. The summed E-state index contributed by atoms with van der Waals surface area (Å²) in [5, 5.41) is 3.07. The molecule has 0 saturated heterocycles. The van der Waals surface area contributed by atoms with Gasteiger partial charge in [0.1, 0.15) is 0 Å². The minimum absolute atomic E-state index is 0.0975. The molecule has 1 rings (SSSR count). The van der Waals surface area contributed by atoms with Crippen molar-refractivity contribution in [2.24, 2.45) is 5.41 Å². The topological polar surface area (TPSA) is 32.3 Å². The number of nitrogens with one attached hydrogen (secondary N) is 1. The Kier molecular flexibility index (Phi) is 4.23. The quantitative estimate of drug-likeness (QED) is 0.821.